The fourth-order valence-corrected chi connectivity index (χ4v) is 4.62. The molecule has 1 unspecified atom stereocenters. The Bertz CT molecular complexity index is 1370. The number of hydrogen-bond acceptors (Lipinski definition) is 8. The Kier molecular flexibility index (Phi) is 11.8. The number of ether oxygens (including phenoxy) is 2. The number of benzene rings is 3. The number of nitrogens with two attached hydrogens (primary N) is 1. The molecule has 0 aliphatic heterocycles. The van der Waals surface area contributed by atoms with E-state index in [1.165, 1.54) is 5.56 Å². The van der Waals surface area contributed by atoms with Gasteiger partial charge in [-0.3, -0.25) is 18.6 Å². The first-order valence-electron chi connectivity index (χ1n) is 13.6. The summed E-state index contributed by atoms with van der Waals surface area (Å²) >= 11 is 0. The van der Waals surface area contributed by atoms with Gasteiger partial charge in [-0.15, -0.1) is 0 Å². The number of phosphoric ester groups is 1. The van der Waals surface area contributed by atoms with Crippen LogP contribution in [0.25, 0.3) is 11.1 Å². The highest BCUT2D eigenvalue weighted by atomic mass is 31.2. The van der Waals surface area contributed by atoms with Gasteiger partial charge in [0.2, 0.25) is 0 Å². The predicted molar refractivity (Wildman–Crippen MR) is 158 cm³/mol. The number of esters is 1. The lowest BCUT2D eigenvalue weighted by atomic mass is 9.86. The summed E-state index contributed by atoms with van der Waals surface area (Å²) in [4.78, 5) is 32.4. The fraction of sp³-hybridized carbons (Fsp3) is 0.355. The molecule has 4 N–H and O–H groups in total. The summed E-state index contributed by atoms with van der Waals surface area (Å²) in [5.41, 5.74) is 9.64. The second-order valence-corrected chi connectivity index (χ2v) is 12.1. The van der Waals surface area contributed by atoms with E-state index < -0.39 is 32.4 Å². The van der Waals surface area contributed by atoms with Crippen molar-refractivity contribution in [3.8, 4) is 22.6 Å². The summed E-state index contributed by atoms with van der Waals surface area (Å²) in [6.45, 7) is 5.62. The number of carboxylic acids is 1. The van der Waals surface area contributed by atoms with Crippen molar-refractivity contribution in [3.05, 3.63) is 83.9 Å². The van der Waals surface area contributed by atoms with Gasteiger partial charge in [0.1, 0.15) is 17.5 Å². The molecule has 0 spiro atoms. The number of para-hydroxylation sites is 1. The monoisotopic (exact) mass is 599 g/mol. The van der Waals surface area contributed by atoms with Crippen molar-refractivity contribution in [1.29, 1.82) is 0 Å². The summed E-state index contributed by atoms with van der Waals surface area (Å²) in [6, 6.07) is 22.4. The minimum atomic E-state index is -4.46. The Morgan fingerprint density at radius 1 is 0.905 bits per heavy atom. The number of carboxylic acid groups (broad SMARTS) is 1. The Morgan fingerprint density at radius 3 is 2.14 bits per heavy atom. The van der Waals surface area contributed by atoms with Gasteiger partial charge in [0.15, 0.2) is 0 Å². The summed E-state index contributed by atoms with van der Waals surface area (Å²) in [7, 11) is -4.46. The van der Waals surface area contributed by atoms with E-state index in [2.05, 4.69) is 49.6 Å². The molecule has 42 heavy (non-hydrogen) atoms. The fourth-order valence-electron chi connectivity index (χ4n) is 3.83. The molecule has 0 aliphatic carbocycles. The van der Waals surface area contributed by atoms with Crippen LogP contribution in [0.4, 0.5) is 0 Å². The smallest absolute Gasteiger partial charge is 0.472 e. The first-order valence-corrected chi connectivity index (χ1v) is 15.1. The molecule has 0 aromatic heterocycles. The van der Waals surface area contributed by atoms with Crippen LogP contribution in [0.1, 0.15) is 44.7 Å². The van der Waals surface area contributed by atoms with Crippen molar-refractivity contribution < 1.29 is 42.7 Å². The number of aliphatic carboxylic acids is 1. The lowest BCUT2D eigenvalue weighted by molar-refractivity contribution is -0.143. The second-order valence-electron chi connectivity index (χ2n) is 10.7. The minimum absolute atomic E-state index is 0.0309. The number of carbonyl (C=O) groups excluding carboxylic acids is 1. The lowest BCUT2D eigenvalue weighted by Gasteiger charge is -2.19. The number of rotatable bonds is 15. The first kappa shape index (κ1) is 33.0. The van der Waals surface area contributed by atoms with Crippen molar-refractivity contribution in [2.45, 2.75) is 51.5 Å². The average Bonchev–Trinajstić information content (AvgIpc) is 2.95. The SMILES string of the molecule is CC(C)(C)c1ccc(-c2ccc(Oc3ccccc3CCC(=O)OCCCOP(=O)(O)OC[C@H](N)C(=O)O)cc2)cc1. The maximum atomic E-state index is 12.2. The van der Waals surface area contributed by atoms with Crippen LogP contribution in [0.3, 0.4) is 0 Å². The topological polar surface area (TPSA) is 155 Å². The van der Waals surface area contributed by atoms with Gasteiger partial charge in [0, 0.05) is 12.8 Å². The predicted octanol–water partition coefficient (Wildman–Crippen LogP) is 5.85. The Labute approximate surface area is 246 Å². The van der Waals surface area contributed by atoms with E-state index in [0.717, 1.165) is 16.7 Å². The van der Waals surface area contributed by atoms with E-state index in [1.807, 2.05) is 48.5 Å². The van der Waals surface area contributed by atoms with Crippen molar-refractivity contribution in [3.63, 3.8) is 0 Å². The average molecular weight is 600 g/mol. The Hall–Kier alpha value is -3.53. The van der Waals surface area contributed by atoms with Crippen LogP contribution >= 0.6 is 7.82 Å². The molecular formula is C31H38NO9P. The van der Waals surface area contributed by atoms with Crippen molar-refractivity contribution >= 4 is 19.8 Å². The molecule has 0 saturated heterocycles. The third kappa shape index (κ3) is 10.7. The third-order valence-corrected chi connectivity index (χ3v) is 7.26. The summed E-state index contributed by atoms with van der Waals surface area (Å²) < 4.78 is 32.3. The highest BCUT2D eigenvalue weighted by Crippen LogP contribution is 2.43. The molecule has 10 nitrogen and oxygen atoms in total. The summed E-state index contributed by atoms with van der Waals surface area (Å²) in [5.74, 6) is -0.497. The zero-order valence-electron chi connectivity index (χ0n) is 24.0. The minimum Gasteiger partial charge on any atom is -0.480 e. The van der Waals surface area contributed by atoms with Crippen LogP contribution in [0, 0.1) is 0 Å². The number of hydrogen-bond donors (Lipinski definition) is 3. The van der Waals surface area contributed by atoms with E-state index >= 15 is 0 Å². The van der Waals surface area contributed by atoms with E-state index in [4.69, 9.17) is 24.8 Å². The highest BCUT2D eigenvalue weighted by molar-refractivity contribution is 7.47. The Morgan fingerprint density at radius 2 is 1.52 bits per heavy atom. The van der Waals surface area contributed by atoms with Crippen LogP contribution in [0.5, 0.6) is 11.5 Å². The quantitative estimate of drug-likeness (QED) is 0.110. The van der Waals surface area contributed by atoms with Crippen LogP contribution in [-0.4, -0.2) is 47.8 Å². The molecule has 11 heteroatoms. The van der Waals surface area contributed by atoms with Gasteiger partial charge < -0.3 is 25.2 Å². The number of carbonyl (C=O) groups is 2. The van der Waals surface area contributed by atoms with E-state index in [0.29, 0.717) is 17.9 Å². The standard InChI is InChI=1S/C31H38NO9P/c1-31(2,3)25-14-9-22(10-15-25)23-11-16-26(17-12-23)41-28-8-5-4-7-24(28)13-18-29(33)38-19-6-20-39-42(36,37)40-21-27(32)30(34)35/h4-5,7-12,14-17,27H,6,13,18-21,32H2,1-3H3,(H,34,35)(H,36,37)/t27-/m0/s1. The summed E-state index contributed by atoms with van der Waals surface area (Å²) in [6.07, 6.45) is 0.647. The first-order chi connectivity index (χ1) is 19.8. The molecular weight excluding hydrogens is 561 g/mol. The van der Waals surface area contributed by atoms with E-state index in [1.54, 1.807) is 0 Å². The molecule has 0 fully saturated rings. The maximum absolute atomic E-state index is 12.2. The van der Waals surface area contributed by atoms with Gasteiger partial charge in [0.05, 0.1) is 19.8 Å². The number of phosphoric acid groups is 1. The molecule has 3 aromatic carbocycles. The molecule has 0 aliphatic rings. The van der Waals surface area contributed by atoms with E-state index in [-0.39, 0.29) is 31.5 Å². The second kappa shape index (κ2) is 15.1. The molecule has 0 amide bonds. The van der Waals surface area contributed by atoms with Crippen molar-refractivity contribution in [2.75, 3.05) is 19.8 Å². The van der Waals surface area contributed by atoms with Crippen molar-refractivity contribution in [1.82, 2.24) is 0 Å². The van der Waals surface area contributed by atoms with Crippen LogP contribution in [-0.2, 0) is 39.8 Å². The van der Waals surface area contributed by atoms with Gasteiger partial charge in [-0.1, -0.05) is 75.4 Å². The maximum Gasteiger partial charge on any atom is 0.472 e. The van der Waals surface area contributed by atoms with Gasteiger partial charge in [-0.05, 0) is 52.3 Å². The Balaban J connectivity index is 1.44. The molecule has 0 saturated carbocycles. The van der Waals surface area contributed by atoms with E-state index in [9.17, 15) is 19.0 Å². The zero-order chi connectivity index (χ0) is 30.8. The van der Waals surface area contributed by atoms with Gasteiger partial charge >= 0.3 is 19.8 Å². The molecule has 3 rings (SSSR count). The molecule has 0 bridgehead atoms. The van der Waals surface area contributed by atoms with Crippen LogP contribution in [0.2, 0.25) is 0 Å². The normalized spacial score (nSPS) is 13.6. The summed E-state index contributed by atoms with van der Waals surface area (Å²) in [5, 5.41) is 8.67. The molecule has 0 heterocycles. The van der Waals surface area contributed by atoms with Crippen molar-refractivity contribution in [2.24, 2.45) is 5.73 Å². The highest BCUT2D eigenvalue weighted by Gasteiger charge is 2.24. The van der Waals surface area contributed by atoms with Crippen LogP contribution in [0.15, 0.2) is 72.8 Å². The molecule has 226 valence electrons. The van der Waals surface area contributed by atoms with Gasteiger partial charge in [-0.25, -0.2) is 4.57 Å². The largest absolute Gasteiger partial charge is 0.480 e. The molecule has 2 atom stereocenters. The van der Waals surface area contributed by atoms with Gasteiger partial charge in [0.25, 0.3) is 0 Å². The zero-order valence-corrected chi connectivity index (χ0v) is 24.9. The van der Waals surface area contributed by atoms with Gasteiger partial charge in [-0.2, -0.15) is 0 Å². The lowest BCUT2D eigenvalue weighted by Crippen LogP contribution is -2.34. The third-order valence-electron chi connectivity index (χ3n) is 6.28. The molecule has 3 aromatic rings. The number of aryl methyl sites for hydroxylation is 1. The van der Waals surface area contributed by atoms with Crippen LogP contribution < -0.4 is 10.5 Å². The molecule has 0 radical (unpaired) electrons.